The molecule has 0 saturated carbocycles. The lowest BCUT2D eigenvalue weighted by Gasteiger charge is -2.11. The molecule has 0 N–H and O–H groups in total. The third kappa shape index (κ3) is 1.53. The highest BCUT2D eigenvalue weighted by molar-refractivity contribution is 6.02. The van der Waals surface area contributed by atoms with Gasteiger partial charge in [0.1, 0.15) is 0 Å². The van der Waals surface area contributed by atoms with Gasteiger partial charge in [0.05, 0.1) is 0 Å². The summed E-state index contributed by atoms with van der Waals surface area (Å²) < 4.78 is 0. The van der Waals surface area contributed by atoms with E-state index in [1.165, 1.54) is 43.8 Å². The summed E-state index contributed by atoms with van der Waals surface area (Å²) in [6.07, 6.45) is 0. The Bertz CT molecular complexity index is 764. The van der Waals surface area contributed by atoms with Crippen molar-refractivity contribution in [3.8, 4) is 0 Å². The summed E-state index contributed by atoms with van der Waals surface area (Å²) in [4.78, 5) is 0. The van der Waals surface area contributed by atoms with E-state index in [0.717, 1.165) is 0 Å². The number of benzene rings is 3. The zero-order chi connectivity index (χ0) is 12.9. The van der Waals surface area contributed by atoms with E-state index in [0.29, 0.717) is 0 Å². The lowest BCUT2D eigenvalue weighted by atomic mass is 9.93. The number of hydrogen-bond donors (Lipinski definition) is 0. The van der Waals surface area contributed by atoms with Crippen LogP contribution in [0.3, 0.4) is 0 Å². The lowest BCUT2D eigenvalue weighted by molar-refractivity contribution is 1.34. The van der Waals surface area contributed by atoms with Crippen LogP contribution in [-0.4, -0.2) is 0 Å². The second-order valence-corrected chi connectivity index (χ2v) is 5.19. The maximum atomic E-state index is 3.46. The van der Waals surface area contributed by atoms with Crippen LogP contribution in [0, 0.1) is 33.8 Å². The Hall–Kier alpha value is -1.82. The first-order chi connectivity index (χ1) is 8.58. The summed E-state index contributed by atoms with van der Waals surface area (Å²) in [6, 6.07) is 14.6. The maximum Gasteiger partial charge on any atom is -0.0111 e. The van der Waals surface area contributed by atoms with Crippen LogP contribution in [0.15, 0.2) is 30.3 Å². The highest BCUT2D eigenvalue weighted by atomic mass is 14.1. The van der Waals surface area contributed by atoms with Crippen LogP contribution in [0.1, 0.15) is 22.3 Å². The van der Waals surface area contributed by atoms with Crippen molar-refractivity contribution in [1.29, 1.82) is 0 Å². The smallest absolute Gasteiger partial charge is 0.0111 e. The highest BCUT2D eigenvalue weighted by Crippen LogP contribution is 2.30. The molecule has 0 atom stereocenters. The summed E-state index contributed by atoms with van der Waals surface area (Å²) in [5.74, 6) is 0. The fourth-order valence-corrected chi connectivity index (χ4v) is 2.75. The third-order valence-electron chi connectivity index (χ3n) is 3.98. The van der Waals surface area contributed by atoms with Gasteiger partial charge in [-0.2, -0.15) is 0 Å². The van der Waals surface area contributed by atoms with Crippen molar-refractivity contribution in [3.05, 3.63) is 58.7 Å². The molecule has 0 aromatic heterocycles. The van der Waals surface area contributed by atoms with E-state index in [1.807, 2.05) is 0 Å². The van der Waals surface area contributed by atoms with Gasteiger partial charge in [-0.1, -0.05) is 18.2 Å². The summed E-state index contributed by atoms with van der Waals surface area (Å²) in [6.45, 7) is 8.66. The molecule has 18 heavy (non-hydrogen) atoms. The Morgan fingerprint density at radius 2 is 1.56 bits per heavy atom. The minimum Gasteiger partial charge on any atom is -0.0614 e. The molecule has 3 aromatic rings. The van der Waals surface area contributed by atoms with E-state index in [2.05, 4.69) is 64.1 Å². The molecular weight excluding hydrogens is 216 g/mol. The molecule has 0 spiro atoms. The van der Waals surface area contributed by atoms with Crippen molar-refractivity contribution in [2.24, 2.45) is 0 Å². The third-order valence-corrected chi connectivity index (χ3v) is 3.98. The van der Waals surface area contributed by atoms with Gasteiger partial charge in [0.25, 0.3) is 0 Å². The molecule has 0 aliphatic carbocycles. The van der Waals surface area contributed by atoms with E-state index >= 15 is 0 Å². The maximum absolute atomic E-state index is 3.46. The van der Waals surface area contributed by atoms with Gasteiger partial charge in [-0.15, -0.1) is 0 Å². The predicted octanol–water partition coefficient (Wildman–Crippen LogP) is 5.03. The minimum atomic E-state index is 1.25. The molecule has 0 aliphatic rings. The second-order valence-electron chi connectivity index (χ2n) is 5.19. The van der Waals surface area contributed by atoms with Crippen molar-refractivity contribution >= 4 is 21.5 Å². The average molecular weight is 233 g/mol. The van der Waals surface area contributed by atoms with Gasteiger partial charge in [-0.05, 0) is 89.7 Å². The van der Waals surface area contributed by atoms with Crippen LogP contribution in [0.2, 0.25) is 0 Å². The fourth-order valence-electron chi connectivity index (χ4n) is 2.75. The van der Waals surface area contributed by atoms with E-state index in [4.69, 9.17) is 0 Å². The van der Waals surface area contributed by atoms with Crippen molar-refractivity contribution in [1.82, 2.24) is 0 Å². The van der Waals surface area contributed by atoms with Gasteiger partial charge in [0.2, 0.25) is 0 Å². The van der Waals surface area contributed by atoms with Crippen LogP contribution in [0.25, 0.3) is 21.5 Å². The molecule has 0 heteroatoms. The molecule has 0 saturated heterocycles. The standard InChI is InChI=1S/C18H17/c1-11-6-5-7-15-9-17-13(3)8-12(2)14(4)18(17)10-16(11)15/h5-7,9-10H,1-4H3. The topological polar surface area (TPSA) is 0 Å². The molecule has 0 aliphatic heterocycles. The van der Waals surface area contributed by atoms with Gasteiger partial charge in [0.15, 0.2) is 0 Å². The van der Waals surface area contributed by atoms with Gasteiger partial charge in [-0.3, -0.25) is 0 Å². The van der Waals surface area contributed by atoms with Crippen LogP contribution in [0.5, 0.6) is 0 Å². The minimum absolute atomic E-state index is 1.25. The number of aryl methyl sites for hydroxylation is 4. The molecule has 0 nitrogen and oxygen atoms in total. The largest absolute Gasteiger partial charge is 0.0614 e. The van der Waals surface area contributed by atoms with E-state index in [-0.39, 0.29) is 0 Å². The molecule has 1 radical (unpaired) electrons. The first-order valence-electron chi connectivity index (χ1n) is 6.40. The molecule has 3 aromatic carbocycles. The summed E-state index contributed by atoms with van der Waals surface area (Å²) >= 11 is 0. The Morgan fingerprint density at radius 1 is 0.778 bits per heavy atom. The summed E-state index contributed by atoms with van der Waals surface area (Å²) in [5, 5.41) is 5.38. The van der Waals surface area contributed by atoms with Crippen LogP contribution in [-0.2, 0) is 0 Å². The van der Waals surface area contributed by atoms with Gasteiger partial charge in [0, 0.05) is 0 Å². The normalized spacial score (nSPS) is 11.3. The lowest BCUT2D eigenvalue weighted by Crippen LogP contribution is -1.89. The first kappa shape index (κ1) is 11.3. The fraction of sp³-hybridized carbons (Fsp3) is 0.222. The van der Waals surface area contributed by atoms with E-state index in [1.54, 1.807) is 0 Å². The first-order valence-corrected chi connectivity index (χ1v) is 6.40. The van der Waals surface area contributed by atoms with Crippen molar-refractivity contribution < 1.29 is 0 Å². The van der Waals surface area contributed by atoms with Crippen LogP contribution >= 0.6 is 0 Å². The number of fused-ring (bicyclic) bond motifs is 2. The van der Waals surface area contributed by atoms with Crippen LogP contribution < -0.4 is 0 Å². The highest BCUT2D eigenvalue weighted by Gasteiger charge is 2.07. The summed E-state index contributed by atoms with van der Waals surface area (Å²) in [7, 11) is 0. The van der Waals surface area contributed by atoms with E-state index < -0.39 is 0 Å². The van der Waals surface area contributed by atoms with Crippen molar-refractivity contribution in [3.63, 3.8) is 0 Å². The molecule has 0 unspecified atom stereocenters. The molecule has 89 valence electrons. The van der Waals surface area contributed by atoms with Crippen molar-refractivity contribution in [2.75, 3.05) is 0 Å². The average Bonchev–Trinajstić information content (AvgIpc) is 2.35. The molecule has 0 amide bonds. The van der Waals surface area contributed by atoms with Crippen molar-refractivity contribution in [2.45, 2.75) is 27.7 Å². The zero-order valence-corrected chi connectivity index (χ0v) is 11.4. The molecule has 0 heterocycles. The molecule has 0 fully saturated rings. The molecule has 3 rings (SSSR count). The Kier molecular flexibility index (Phi) is 2.41. The Balaban J connectivity index is 2.57. The quantitative estimate of drug-likeness (QED) is 0.478. The Labute approximate surface area is 108 Å². The monoisotopic (exact) mass is 233 g/mol. The SMILES string of the molecule is Cc1[c]c(C)c2cc3cccc(C)c3cc2c1C. The number of hydrogen-bond acceptors (Lipinski definition) is 0. The molecule has 0 bridgehead atoms. The Morgan fingerprint density at radius 3 is 2.33 bits per heavy atom. The summed E-state index contributed by atoms with van der Waals surface area (Å²) in [5.41, 5.74) is 5.20. The van der Waals surface area contributed by atoms with E-state index in [9.17, 15) is 0 Å². The predicted molar refractivity (Wildman–Crippen MR) is 79.2 cm³/mol. The van der Waals surface area contributed by atoms with Gasteiger partial charge < -0.3 is 0 Å². The zero-order valence-electron chi connectivity index (χ0n) is 11.4. The second kappa shape index (κ2) is 3.84. The molecular formula is C18H17. The number of rotatable bonds is 0. The van der Waals surface area contributed by atoms with Crippen LogP contribution in [0.4, 0.5) is 0 Å². The van der Waals surface area contributed by atoms with Gasteiger partial charge >= 0.3 is 0 Å². The van der Waals surface area contributed by atoms with Gasteiger partial charge in [-0.25, -0.2) is 0 Å².